The van der Waals surface area contributed by atoms with Gasteiger partial charge in [0.05, 0.1) is 0 Å². The molecule has 0 heterocycles. The van der Waals surface area contributed by atoms with Crippen molar-refractivity contribution in [2.24, 2.45) is 0 Å². The molecule has 1 rings (SSSR count). The number of nitrogen functional groups attached to an aromatic ring is 1. The first-order valence-electron chi connectivity index (χ1n) is 3.13. The van der Waals surface area contributed by atoms with Crippen LogP contribution in [0.4, 0.5) is 5.69 Å². The Labute approximate surface area is 92.1 Å². The van der Waals surface area contributed by atoms with Crippen molar-refractivity contribution in [3.63, 3.8) is 0 Å². The average molecular weight is 354 g/mol. The van der Waals surface area contributed by atoms with E-state index in [4.69, 9.17) is 15.6 Å². The van der Waals surface area contributed by atoms with Crippen molar-refractivity contribution in [1.82, 2.24) is 0 Å². The number of benzene rings is 1. The van der Waals surface area contributed by atoms with Gasteiger partial charge in [0, 0.05) is 40.3 Å². The number of para-hydroxylation sites is 1. The van der Waals surface area contributed by atoms with Gasteiger partial charge in [-0.25, -0.2) is 0 Å². The van der Waals surface area contributed by atoms with E-state index in [1.807, 2.05) is 30.3 Å². The van der Waals surface area contributed by atoms with Gasteiger partial charge in [-0.3, -0.25) is 4.79 Å². The molecular weight excluding hydrogens is 343 g/mol. The maximum Gasteiger partial charge on any atom is 0.300 e. The molecule has 12 heavy (non-hydrogen) atoms. The van der Waals surface area contributed by atoms with Crippen LogP contribution in [0.2, 0.25) is 0 Å². The second-order valence-corrected chi connectivity index (χ2v) is 1.93. The van der Waals surface area contributed by atoms with Crippen molar-refractivity contribution in [3.05, 3.63) is 30.3 Å². The van der Waals surface area contributed by atoms with Crippen LogP contribution in [-0.2, 0) is 32.5 Å². The van der Waals surface area contributed by atoms with Crippen molar-refractivity contribution in [2.45, 2.75) is 6.92 Å². The number of anilines is 1. The molecule has 4 heteroatoms. The first-order valence-corrected chi connectivity index (χ1v) is 3.13. The van der Waals surface area contributed by atoms with Gasteiger partial charge in [-0.2, -0.15) is 0 Å². The van der Waals surface area contributed by atoms with Gasteiger partial charge in [-0.15, -0.1) is 0 Å². The quantitative estimate of drug-likeness (QED) is 0.547. The molecule has 0 spiro atoms. The molecule has 62 valence electrons. The Morgan fingerprint density at radius 1 is 1.33 bits per heavy atom. The smallest absolute Gasteiger partial charge is 0.300 e. The molecule has 0 bridgehead atoms. The fourth-order valence-electron chi connectivity index (χ4n) is 0.453. The number of hydrogen-bond acceptors (Lipinski definition) is 2. The monoisotopic (exact) mass is 355 g/mol. The third-order valence-corrected chi connectivity index (χ3v) is 0.800. The molecule has 0 amide bonds. The van der Waals surface area contributed by atoms with Crippen molar-refractivity contribution in [2.75, 3.05) is 5.73 Å². The van der Waals surface area contributed by atoms with E-state index in [2.05, 4.69) is 0 Å². The second-order valence-electron chi connectivity index (χ2n) is 1.93. The number of aliphatic carboxylic acids is 1. The van der Waals surface area contributed by atoms with Crippen LogP contribution < -0.4 is 5.73 Å². The molecule has 0 saturated carbocycles. The standard InChI is InChI=1S/C6H7N.C2H4O2.Hg/c7-6-4-2-1-3-5-6;1-2(3)4;/h1-5H,7H2;1H3,(H,3,4);. The van der Waals surface area contributed by atoms with Gasteiger partial charge in [-0.05, 0) is 12.1 Å². The van der Waals surface area contributed by atoms with Crippen molar-refractivity contribution >= 4 is 11.7 Å². The summed E-state index contributed by atoms with van der Waals surface area (Å²) in [6, 6.07) is 9.49. The van der Waals surface area contributed by atoms with Crippen LogP contribution in [0, 0.1) is 0 Å². The van der Waals surface area contributed by atoms with Gasteiger partial charge < -0.3 is 10.8 Å². The van der Waals surface area contributed by atoms with Crippen LogP contribution in [0.5, 0.6) is 0 Å². The minimum absolute atomic E-state index is 0. The Kier molecular flexibility index (Phi) is 9.93. The molecule has 3 nitrogen and oxygen atoms in total. The Morgan fingerprint density at radius 3 is 1.83 bits per heavy atom. The molecule has 0 atom stereocenters. The summed E-state index contributed by atoms with van der Waals surface area (Å²) < 4.78 is 0. The molecule has 0 radical (unpaired) electrons. The van der Waals surface area contributed by atoms with Gasteiger partial charge in [0.1, 0.15) is 0 Å². The second kappa shape index (κ2) is 8.52. The first kappa shape index (κ1) is 14.0. The van der Waals surface area contributed by atoms with Gasteiger partial charge in [0.25, 0.3) is 5.97 Å². The van der Waals surface area contributed by atoms with E-state index < -0.39 is 5.97 Å². The molecule has 1 aromatic carbocycles. The topological polar surface area (TPSA) is 63.3 Å². The van der Waals surface area contributed by atoms with Gasteiger partial charge >= 0.3 is 0 Å². The van der Waals surface area contributed by atoms with Crippen molar-refractivity contribution in [1.29, 1.82) is 0 Å². The predicted molar refractivity (Wildman–Crippen MR) is 44.2 cm³/mol. The molecule has 0 aliphatic rings. The van der Waals surface area contributed by atoms with E-state index in [0.29, 0.717) is 0 Å². The zero-order chi connectivity index (χ0) is 8.69. The van der Waals surface area contributed by atoms with Crippen LogP contribution in [0.15, 0.2) is 30.3 Å². The van der Waals surface area contributed by atoms with Crippen LogP contribution in [0.25, 0.3) is 0 Å². The Hall–Kier alpha value is -0.575. The summed E-state index contributed by atoms with van der Waals surface area (Å²) in [7, 11) is 0. The normalized spacial score (nSPS) is 7.08. The number of carboxylic acid groups (broad SMARTS) is 1. The maximum atomic E-state index is 9.00. The minimum Gasteiger partial charge on any atom is -0.481 e. The summed E-state index contributed by atoms with van der Waals surface area (Å²) in [5, 5.41) is 7.42. The zero-order valence-corrected chi connectivity index (χ0v) is 12.5. The number of carbonyl (C=O) groups is 1. The molecule has 0 aliphatic heterocycles. The fourth-order valence-corrected chi connectivity index (χ4v) is 0.453. The van der Waals surface area contributed by atoms with E-state index in [-0.39, 0.29) is 27.7 Å². The van der Waals surface area contributed by atoms with Crippen LogP contribution in [0.1, 0.15) is 6.92 Å². The summed E-state index contributed by atoms with van der Waals surface area (Å²) in [5.41, 5.74) is 6.18. The number of nitrogens with two attached hydrogens (primary N) is 1. The summed E-state index contributed by atoms with van der Waals surface area (Å²) >= 11 is 0. The van der Waals surface area contributed by atoms with E-state index in [0.717, 1.165) is 12.6 Å². The minimum atomic E-state index is -0.833. The Bertz CT molecular complexity index is 210. The summed E-state index contributed by atoms with van der Waals surface area (Å²) in [6.07, 6.45) is 0. The Balaban J connectivity index is 0. The fraction of sp³-hybridized carbons (Fsp3) is 0.125. The van der Waals surface area contributed by atoms with E-state index in [9.17, 15) is 0 Å². The largest absolute Gasteiger partial charge is 0.481 e. The van der Waals surface area contributed by atoms with E-state index in [1.54, 1.807) is 0 Å². The van der Waals surface area contributed by atoms with Crippen molar-refractivity contribution in [3.8, 4) is 0 Å². The SMILES string of the molecule is CC(=O)O.Nc1ccccc1.[Hg]. The van der Waals surface area contributed by atoms with Crippen LogP contribution in [0.3, 0.4) is 0 Å². The third-order valence-electron chi connectivity index (χ3n) is 0.800. The number of hydrogen-bond donors (Lipinski definition) is 2. The molecular formula is C8H11HgNO2. The Morgan fingerprint density at radius 2 is 1.67 bits per heavy atom. The predicted octanol–water partition coefficient (Wildman–Crippen LogP) is 1.36. The molecule has 3 N–H and O–H groups in total. The average Bonchev–Trinajstić information content (AvgIpc) is 1.87. The van der Waals surface area contributed by atoms with E-state index >= 15 is 0 Å². The maximum absolute atomic E-state index is 9.00. The summed E-state index contributed by atoms with van der Waals surface area (Å²) in [5.74, 6) is -0.833. The van der Waals surface area contributed by atoms with Gasteiger partial charge in [-0.1, -0.05) is 18.2 Å². The van der Waals surface area contributed by atoms with Crippen molar-refractivity contribution < 1.29 is 37.6 Å². The van der Waals surface area contributed by atoms with E-state index in [1.165, 1.54) is 0 Å². The molecule has 0 aromatic heterocycles. The first-order chi connectivity index (χ1) is 5.13. The van der Waals surface area contributed by atoms with Crippen LogP contribution >= 0.6 is 0 Å². The zero-order valence-electron chi connectivity index (χ0n) is 7.03. The third kappa shape index (κ3) is 12.1. The van der Waals surface area contributed by atoms with Gasteiger partial charge in [0.2, 0.25) is 0 Å². The number of rotatable bonds is 0. The van der Waals surface area contributed by atoms with Gasteiger partial charge in [0.15, 0.2) is 0 Å². The summed E-state index contributed by atoms with van der Waals surface area (Å²) in [4.78, 5) is 9.00. The number of carboxylic acids is 1. The molecule has 0 saturated heterocycles. The molecule has 0 unspecified atom stereocenters. The summed E-state index contributed by atoms with van der Waals surface area (Å²) in [6.45, 7) is 1.08. The molecule has 0 fully saturated rings. The molecule has 0 aliphatic carbocycles. The van der Waals surface area contributed by atoms with Crippen LogP contribution in [-0.4, -0.2) is 11.1 Å². The molecule has 1 aromatic rings.